The van der Waals surface area contributed by atoms with Crippen molar-refractivity contribution in [2.45, 2.75) is 26.2 Å². The lowest BCUT2D eigenvalue weighted by Crippen LogP contribution is -2.04. The van der Waals surface area contributed by atoms with E-state index >= 15 is 0 Å². The van der Waals surface area contributed by atoms with E-state index in [1.165, 1.54) is 30.0 Å². The van der Waals surface area contributed by atoms with Gasteiger partial charge >= 0.3 is 0 Å². The Bertz CT molecular complexity index is 730. The molecule has 3 rings (SSSR count). The van der Waals surface area contributed by atoms with Crippen molar-refractivity contribution >= 4 is 22.5 Å². The molecule has 0 aromatic heterocycles. The minimum absolute atomic E-state index is 0.865. The monoisotopic (exact) mass is 306 g/mol. The molecule has 0 bridgehead atoms. The van der Waals surface area contributed by atoms with Gasteiger partial charge in [-0.15, -0.1) is 11.8 Å². The highest BCUT2D eigenvalue weighted by atomic mass is 32.2. The SMILES string of the molecule is CC1CCC=C(CSCC#Cc2ccc3ccccc3c2)C1. The third kappa shape index (κ3) is 4.18. The van der Waals surface area contributed by atoms with E-state index in [4.69, 9.17) is 0 Å². The predicted octanol–water partition coefficient (Wildman–Crippen LogP) is 5.67. The molecule has 1 aliphatic rings. The molecule has 1 heteroatoms. The van der Waals surface area contributed by atoms with Crippen LogP contribution in [-0.4, -0.2) is 11.5 Å². The number of thioether (sulfide) groups is 1. The van der Waals surface area contributed by atoms with Crippen LogP contribution >= 0.6 is 11.8 Å². The Hall–Kier alpha value is -1.65. The zero-order valence-electron chi connectivity index (χ0n) is 13.1. The van der Waals surface area contributed by atoms with Gasteiger partial charge in [0.15, 0.2) is 0 Å². The standard InChI is InChI=1S/C21H22S/c1-17-6-4-7-19(14-17)16-22-13-5-8-18-11-12-20-9-2-3-10-21(20)15-18/h2-3,7,9-12,15,17H,4,6,13-14,16H2,1H3. The van der Waals surface area contributed by atoms with Gasteiger partial charge in [0.2, 0.25) is 0 Å². The van der Waals surface area contributed by atoms with Crippen LogP contribution in [0.15, 0.2) is 54.1 Å². The molecule has 0 saturated heterocycles. The average molecular weight is 306 g/mol. The van der Waals surface area contributed by atoms with Crippen molar-refractivity contribution in [3.8, 4) is 11.8 Å². The summed E-state index contributed by atoms with van der Waals surface area (Å²) in [6, 6.07) is 14.9. The first-order chi connectivity index (χ1) is 10.8. The molecule has 0 aliphatic heterocycles. The summed E-state index contributed by atoms with van der Waals surface area (Å²) in [6.07, 6.45) is 6.34. The van der Waals surface area contributed by atoms with E-state index < -0.39 is 0 Å². The number of hydrogen-bond donors (Lipinski definition) is 0. The smallest absolute Gasteiger partial charge is 0.0554 e. The van der Waals surface area contributed by atoms with Crippen LogP contribution in [0.4, 0.5) is 0 Å². The van der Waals surface area contributed by atoms with E-state index in [1.807, 2.05) is 11.8 Å². The second kappa shape index (κ2) is 7.56. The maximum absolute atomic E-state index is 3.30. The number of benzene rings is 2. The van der Waals surface area contributed by atoms with Crippen LogP contribution in [0.2, 0.25) is 0 Å². The van der Waals surface area contributed by atoms with E-state index in [0.717, 1.165) is 23.0 Å². The molecule has 0 fully saturated rings. The largest absolute Gasteiger partial charge is 0.144 e. The lowest BCUT2D eigenvalue weighted by molar-refractivity contribution is 0.511. The number of hydrogen-bond acceptors (Lipinski definition) is 1. The van der Waals surface area contributed by atoms with Gasteiger partial charge in [0.05, 0.1) is 5.75 Å². The molecule has 0 spiro atoms. The van der Waals surface area contributed by atoms with Crippen molar-refractivity contribution in [1.82, 2.24) is 0 Å². The van der Waals surface area contributed by atoms with Crippen molar-refractivity contribution in [3.63, 3.8) is 0 Å². The van der Waals surface area contributed by atoms with Crippen LogP contribution < -0.4 is 0 Å². The van der Waals surface area contributed by atoms with Crippen LogP contribution in [0, 0.1) is 17.8 Å². The Labute approximate surface area is 138 Å². The number of allylic oxidation sites excluding steroid dienone is 1. The summed E-state index contributed by atoms with van der Waals surface area (Å²) < 4.78 is 0. The molecule has 0 radical (unpaired) electrons. The summed E-state index contributed by atoms with van der Waals surface area (Å²) in [5, 5.41) is 2.55. The molecule has 2 aromatic carbocycles. The lowest BCUT2D eigenvalue weighted by atomic mass is 9.91. The fourth-order valence-electron chi connectivity index (χ4n) is 2.96. The van der Waals surface area contributed by atoms with Crippen molar-refractivity contribution in [3.05, 3.63) is 59.7 Å². The van der Waals surface area contributed by atoms with E-state index in [1.54, 1.807) is 5.57 Å². The molecule has 112 valence electrons. The molecule has 0 amide bonds. The normalized spacial score (nSPS) is 17.7. The molecule has 1 aliphatic carbocycles. The molecular formula is C21H22S. The summed E-state index contributed by atoms with van der Waals surface area (Å²) in [5.41, 5.74) is 2.74. The van der Waals surface area contributed by atoms with E-state index in [-0.39, 0.29) is 0 Å². The first kappa shape index (κ1) is 15.3. The van der Waals surface area contributed by atoms with Crippen LogP contribution in [0.25, 0.3) is 10.8 Å². The van der Waals surface area contributed by atoms with Gasteiger partial charge in [-0.25, -0.2) is 0 Å². The van der Waals surface area contributed by atoms with E-state index in [2.05, 4.69) is 67.3 Å². The van der Waals surface area contributed by atoms with E-state index in [9.17, 15) is 0 Å². The second-order valence-electron chi connectivity index (χ2n) is 6.11. The van der Waals surface area contributed by atoms with Crippen LogP contribution in [0.1, 0.15) is 31.7 Å². The Balaban J connectivity index is 1.53. The first-order valence-corrected chi connectivity index (χ1v) is 9.20. The topological polar surface area (TPSA) is 0 Å². The highest BCUT2D eigenvalue weighted by molar-refractivity contribution is 7.99. The molecule has 1 unspecified atom stereocenters. The highest BCUT2D eigenvalue weighted by Crippen LogP contribution is 2.25. The minimum atomic E-state index is 0.865. The molecule has 22 heavy (non-hydrogen) atoms. The quantitative estimate of drug-likeness (QED) is 0.400. The Kier molecular flexibility index (Phi) is 5.24. The van der Waals surface area contributed by atoms with Gasteiger partial charge in [-0.05, 0) is 48.1 Å². The fourth-order valence-corrected chi connectivity index (χ4v) is 3.74. The fraction of sp³-hybridized carbons (Fsp3) is 0.333. The maximum atomic E-state index is 3.30. The molecule has 0 heterocycles. The summed E-state index contributed by atoms with van der Waals surface area (Å²) in [4.78, 5) is 0. The molecule has 1 atom stereocenters. The summed E-state index contributed by atoms with van der Waals surface area (Å²) in [7, 11) is 0. The summed E-state index contributed by atoms with van der Waals surface area (Å²) >= 11 is 1.94. The van der Waals surface area contributed by atoms with Crippen molar-refractivity contribution < 1.29 is 0 Å². The lowest BCUT2D eigenvalue weighted by Gasteiger charge is -2.18. The van der Waals surface area contributed by atoms with Gasteiger partial charge in [-0.3, -0.25) is 0 Å². The van der Waals surface area contributed by atoms with Crippen molar-refractivity contribution in [1.29, 1.82) is 0 Å². The predicted molar refractivity (Wildman–Crippen MR) is 99.2 cm³/mol. The zero-order chi connectivity index (χ0) is 15.2. The Morgan fingerprint density at radius 1 is 1.14 bits per heavy atom. The van der Waals surface area contributed by atoms with Gasteiger partial charge in [0.1, 0.15) is 0 Å². The third-order valence-electron chi connectivity index (χ3n) is 4.15. The number of fused-ring (bicyclic) bond motifs is 1. The third-order valence-corrected chi connectivity index (χ3v) is 5.07. The maximum Gasteiger partial charge on any atom is 0.0554 e. The van der Waals surface area contributed by atoms with Crippen molar-refractivity contribution in [2.75, 3.05) is 11.5 Å². The van der Waals surface area contributed by atoms with Crippen molar-refractivity contribution in [2.24, 2.45) is 5.92 Å². The second-order valence-corrected chi connectivity index (χ2v) is 7.09. The van der Waals surface area contributed by atoms with Gasteiger partial charge in [-0.2, -0.15) is 0 Å². The summed E-state index contributed by atoms with van der Waals surface area (Å²) in [6.45, 7) is 2.36. The molecule has 2 aromatic rings. The zero-order valence-corrected chi connectivity index (χ0v) is 14.0. The van der Waals surface area contributed by atoms with Gasteiger partial charge in [0, 0.05) is 11.3 Å². The van der Waals surface area contributed by atoms with Gasteiger partial charge in [0.25, 0.3) is 0 Å². The number of rotatable bonds is 3. The van der Waals surface area contributed by atoms with Crippen LogP contribution in [0.5, 0.6) is 0 Å². The molecule has 0 nitrogen and oxygen atoms in total. The highest BCUT2D eigenvalue weighted by Gasteiger charge is 2.10. The van der Waals surface area contributed by atoms with Gasteiger partial charge < -0.3 is 0 Å². The van der Waals surface area contributed by atoms with E-state index in [0.29, 0.717) is 0 Å². The molecule has 0 saturated carbocycles. The molecular weight excluding hydrogens is 284 g/mol. The molecule has 0 N–H and O–H groups in total. The average Bonchev–Trinajstić information content (AvgIpc) is 2.54. The van der Waals surface area contributed by atoms with Crippen LogP contribution in [-0.2, 0) is 0 Å². The Morgan fingerprint density at radius 3 is 2.86 bits per heavy atom. The first-order valence-electron chi connectivity index (χ1n) is 8.04. The minimum Gasteiger partial charge on any atom is -0.144 e. The summed E-state index contributed by atoms with van der Waals surface area (Å²) in [5.74, 6) is 9.53. The van der Waals surface area contributed by atoms with Crippen LogP contribution in [0.3, 0.4) is 0 Å². The van der Waals surface area contributed by atoms with Gasteiger partial charge in [-0.1, -0.05) is 60.7 Å². The Morgan fingerprint density at radius 2 is 2.00 bits per heavy atom.